The molecular formula is C24H27NO2. The zero-order valence-corrected chi connectivity index (χ0v) is 16.0. The average Bonchev–Trinajstić information content (AvgIpc) is 3.12. The lowest BCUT2D eigenvalue weighted by molar-refractivity contribution is -0.145. The van der Waals surface area contributed by atoms with Crippen molar-refractivity contribution in [3.8, 4) is 0 Å². The highest BCUT2D eigenvalue weighted by molar-refractivity contribution is 5.84. The van der Waals surface area contributed by atoms with Crippen molar-refractivity contribution in [2.24, 2.45) is 0 Å². The highest BCUT2D eigenvalue weighted by Gasteiger charge is 2.30. The van der Waals surface area contributed by atoms with Crippen molar-refractivity contribution in [3.05, 3.63) is 76.9 Å². The van der Waals surface area contributed by atoms with Crippen LogP contribution in [0.2, 0.25) is 0 Å². The summed E-state index contributed by atoms with van der Waals surface area (Å²) in [6, 6.07) is 17.5. The summed E-state index contributed by atoms with van der Waals surface area (Å²) < 4.78 is 4.97. The molecule has 0 radical (unpaired) electrons. The summed E-state index contributed by atoms with van der Waals surface area (Å²) in [6.07, 6.45) is 7.46. The number of hydrogen-bond donors (Lipinski definition) is 0. The number of carbonyl (C=O) groups is 1. The molecule has 2 aliphatic rings. The number of methoxy groups -OCH3 is 1. The normalized spacial score (nSPS) is 19.1. The Hall–Kier alpha value is -2.39. The Bertz CT molecular complexity index is 805. The van der Waals surface area contributed by atoms with Crippen molar-refractivity contribution < 1.29 is 9.53 Å². The number of esters is 1. The standard InChI is InChI=1S/C24H27NO2/c1-27-24(26)23-13-7-17-25(23)16-6-12-22-20-10-4-2-8-18(20)14-15-19-9-3-5-11-21(19)22/h2-5,8-12,23H,6-7,13-17H2,1H3/t23-/m0/s1. The van der Waals surface area contributed by atoms with E-state index in [2.05, 4.69) is 59.5 Å². The first kappa shape index (κ1) is 18.0. The van der Waals surface area contributed by atoms with E-state index in [4.69, 9.17) is 4.74 Å². The smallest absolute Gasteiger partial charge is 0.323 e. The predicted molar refractivity (Wildman–Crippen MR) is 109 cm³/mol. The van der Waals surface area contributed by atoms with Gasteiger partial charge in [-0.2, -0.15) is 0 Å². The summed E-state index contributed by atoms with van der Waals surface area (Å²) in [7, 11) is 1.49. The Labute approximate surface area is 161 Å². The van der Waals surface area contributed by atoms with Crippen LogP contribution in [0.25, 0.3) is 5.57 Å². The fourth-order valence-corrected chi connectivity index (χ4v) is 4.51. The van der Waals surface area contributed by atoms with Gasteiger partial charge in [0.25, 0.3) is 0 Å². The number of benzene rings is 2. The van der Waals surface area contributed by atoms with Gasteiger partial charge in [0.2, 0.25) is 0 Å². The molecule has 1 aliphatic heterocycles. The van der Waals surface area contributed by atoms with Gasteiger partial charge in [0, 0.05) is 6.54 Å². The molecule has 0 amide bonds. The maximum Gasteiger partial charge on any atom is 0.323 e. The molecule has 3 nitrogen and oxygen atoms in total. The second-order valence-electron chi connectivity index (χ2n) is 7.44. The van der Waals surface area contributed by atoms with Gasteiger partial charge in [-0.1, -0.05) is 54.6 Å². The summed E-state index contributed by atoms with van der Waals surface area (Å²) in [5.41, 5.74) is 6.90. The molecule has 4 rings (SSSR count). The Morgan fingerprint density at radius 2 is 1.70 bits per heavy atom. The van der Waals surface area contributed by atoms with E-state index in [-0.39, 0.29) is 12.0 Å². The number of hydrogen-bond acceptors (Lipinski definition) is 3. The molecule has 2 aromatic rings. The van der Waals surface area contributed by atoms with Crippen LogP contribution in [-0.2, 0) is 22.4 Å². The summed E-state index contributed by atoms with van der Waals surface area (Å²) in [5.74, 6) is -0.0923. The van der Waals surface area contributed by atoms with Crippen LogP contribution < -0.4 is 0 Å². The number of ether oxygens (including phenoxy) is 1. The molecular weight excluding hydrogens is 334 g/mol. The zero-order valence-electron chi connectivity index (χ0n) is 16.0. The molecule has 27 heavy (non-hydrogen) atoms. The van der Waals surface area contributed by atoms with E-state index in [1.165, 1.54) is 34.9 Å². The van der Waals surface area contributed by atoms with Gasteiger partial charge in [0.05, 0.1) is 7.11 Å². The highest BCUT2D eigenvalue weighted by Crippen LogP contribution is 2.33. The summed E-state index contributed by atoms with van der Waals surface area (Å²) in [6.45, 7) is 1.88. The molecule has 1 atom stereocenters. The van der Waals surface area contributed by atoms with E-state index in [0.717, 1.165) is 45.2 Å². The SMILES string of the molecule is COC(=O)[C@@H]1CCCN1CCC=C1c2ccccc2CCc2ccccc21. The highest BCUT2D eigenvalue weighted by atomic mass is 16.5. The second-order valence-corrected chi connectivity index (χ2v) is 7.44. The average molecular weight is 361 g/mol. The molecule has 3 heteroatoms. The zero-order chi connectivity index (χ0) is 18.6. The van der Waals surface area contributed by atoms with Crippen LogP contribution in [0.15, 0.2) is 54.6 Å². The number of carbonyl (C=O) groups excluding carboxylic acids is 1. The Morgan fingerprint density at radius 3 is 2.33 bits per heavy atom. The van der Waals surface area contributed by atoms with Gasteiger partial charge in [-0.25, -0.2) is 0 Å². The Kier molecular flexibility index (Phi) is 5.40. The summed E-state index contributed by atoms with van der Waals surface area (Å²) in [4.78, 5) is 14.3. The number of rotatable bonds is 4. The molecule has 0 saturated carbocycles. The van der Waals surface area contributed by atoms with Gasteiger partial charge in [-0.05, 0) is 66.5 Å². The number of nitrogens with zero attached hydrogens (tertiary/aromatic N) is 1. The minimum absolute atomic E-state index is 0.0675. The van der Waals surface area contributed by atoms with Gasteiger partial charge in [-0.15, -0.1) is 0 Å². The van der Waals surface area contributed by atoms with Crippen molar-refractivity contribution >= 4 is 11.5 Å². The van der Waals surface area contributed by atoms with Gasteiger partial charge in [0.1, 0.15) is 6.04 Å². The minimum Gasteiger partial charge on any atom is -0.468 e. The molecule has 2 aromatic carbocycles. The number of aryl methyl sites for hydroxylation is 2. The largest absolute Gasteiger partial charge is 0.468 e. The van der Waals surface area contributed by atoms with E-state index >= 15 is 0 Å². The lowest BCUT2D eigenvalue weighted by Crippen LogP contribution is -2.37. The van der Waals surface area contributed by atoms with Crippen LogP contribution in [0, 0.1) is 0 Å². The molecule has 0 N–H and O–H groups in total. The van der Waals surface area contributed by atoms with Crippen LogP contribution in [-0.4, -0.2) is 37.1 Å². The molecule has 0 spiro atoms. The quantitative estimate of drug-likeness (QED) is 0.763. The Balaban J connectivity index is 1.60. The molecule has 0 unspecified atom stereocenters. The topological polar surface area (TPSA) is 29.5 Å². The van der Waals surface area contributed by atoms with Crippen molar-refractivity contribution in [2.45, 2.75) is 38.1 Å². The van der Waals surface area contributed by atoms with Crippen LogP contribution >= 0.6 is 0 Å². The monoisotopic (exact) mass is 361 g/mol. The molecule has 0 bridgehead atoms. The first-order valence-corrected chi connectivity index (χ1v) is 9.96. The van der Waals surface area contributed by atoms with Crippen LogP contribution in [0.3, 0.4) is 0 Å². The number of likely N-dealkylation sites (tertiary alicyclic amines) is 1. The third kappa shape index (κ3) is 3.70. The van der Waals surface area contributed by atoms with Gasteiger partial charge in [0.15, 0.2) is 0 Å². The third-order valence-electron chi connectivity index (χ3n) is 5.88. The lowest BCUT2D eigenvalue weighted by Gasteiger charge is -2.21. The molecule has 1 fully saturated rings. The van der Waals surface area contributed by atoms with E-state index < -0.39 is 0 Å². The number of fused-ring (bicyclic) bond motifs is 2. The van der Waals surface area contributed by atoms with E-state index in [1.54, 1.807) is 0 Å². The summed E-state index contributed by atoms with van der Waals surface area (Å²) >= 11 is 0. The van der Waals surface area contributed by atoms with Crippen molar-refractivity contribution in [3.63, 3.8) is 0 Å². The maximum atomic E-state index is 12.0. The molecule has 0 aromatic heterocycles. The fraction of sp³-hybridized carbons (Fsp3) is 0.375. The van der Waals surface area contributed by atoms with E-state index in [0.29, 0.717) is 0 Å². The lowest BCUT2D eigenvalue weighted by atomic mass is 9.93. The van der Waals surface area contributed by atoms with Crippen LogP contribution in [0.4, 0.5) is 0 Å². The van der Waals surface area contributed by atoms with E-state index in [1.807, 2.05) is 0 Å². The predicted octanol–water partition coefficient (Wildman–Crippen LogP) is 4.24. The van der Waals surface area contributed by atoms with Crippen molar-refractivity contribution in [2.75, 3.05) is 20.2 Å². The van der Waals surface area contributed by atoms with Gasteiger partial charge < -0.3 is 4.74 Å². The molecule has 1 saturated heterocycles. The first-order valence-electron chi connectivity index (χ1n) is 9.96. The van der Waals surface area contributed by atoms with Crippen molar-refractivity contribution in [1.29, 1.82) is 0 Å². The van der Waals surface area contributed by atoms with Crippen LogP contribution in [0.5, 0.6) is 0 Å². The van der Waals surface area contributed by atoms with E-state index in [9.17, 15) is 4.79 Å². The first-order chi connectivity index (χ1) is 13.3. The van der Waals surface area contributed by atoms with Crippen molar-refractivity contribution in [1.82, 2.24) is 4.90 Å². The fourth-order valence-electron chi connectivity index (χ4n) is 4.51. The summed E-state index contributed by atoms with van der Waals surface area (Å²) in [5, 5.41) is 0. The molecule has 1 heterocycles. The van der Waals surface area contributed by atoms with Crippen LogP contribution in [0.1, 0.15) is 41.5 Å². The third-order valence-corrected chi connectivity index (χ3v) is 5.88. The second kappa shape index (κ2) is 8.10. The minimum atomic E-state index is -0.0923. The maximum absolute atomic E-state index is 12.0. The Morgan fingerprint density at radius 1 is 1.07 bits per heavy atom. The van der Waals surface area contributed by atoms with Gasteiger partial charge >= 0.3 is 5.97 Å². The molecule has 140 valence electrons. The molecule has 1 aliphatic carbocycles. The van der Waals surface area contributed by atoms with Gasteiger partial charge in [-0.3, -0.25) is 9.69 Å².